The van der Waals surface area contributed by atoms with E-state index in [1.807, 2.05) is 26.0 Å². The van der Waals surface area contributed by atoms with E-state index in [9.17, 15) is 18.0 Å². The number of sulfone groups is 1. The van der Waals surface area contributed by atoms with Crippen molar-refractivity contribution in [1.82, 2.24) is 5.32 Å². The number of amides is 2. The molecular formula is C27H30FN3O4S. The van der Waals surface area contributed by atoms with Crippen molar-refractivity contribution in [2.24, 2.45) is 11.7 Å². The molecule has 0 unspecified atom stereocenters. The quantitative estimate of drug-likeness (QED) is 0.449. The van der Waals surface area contributed by atoms with Gasteiger partial charge in [0, 0.05) is 37.0 Å². The number of carbonyl (C=O) groups excluding carboxylic acids is 2. The van der Waals surface area contributed by atoms with Crippen LogP contribution >= 0.6 is 0 Å². The molecule has 0 atom stereocenters. The van der Waals surface area contributed by atoms with Crippen molar-refractivity contribution in [3.05, 3.63) is 83.7 Å². The maximum absolute atomic E-state index is 15.3. The molecule has 3 N–H and O–H groups in total. The number of nitrogens with zero attached hydrogens (tertiary/aromatic N) is 1. The Labute approximate surface area is 211 Å². The highest BCUT2D eigenvalue weighted by atomic mass is 32.2. The molecule has 9 heteroatoms. The van der Waals surface area contributed by atoms with Gasteiger partial charge >= 0.3 is 11.8 Å². The first-order valence-corrected chi connectivity index (χ1v) is 13.4. The van der Waals surface area contributed by atoms with Crippen LogP contribution in [0.2, 0.25) is 0 Å². The molecule has 0 spiro atoms. The van der Waals surface area contributed by atoms with Crippen LogP contribution in [-0.4, -0.2) is 33.0 Å². The van der Waals surface area contributed by atoms with Gasteiger partial charge in [0.25, 0.3) is 0 Å². The normalized spacial score (nSPS) is 11.4. The van der Waals surface area contributed by atoms with E-state index in [0.717, 1.165) is 22.3 Å². The Hall–Kier alpha value is -3.56. The van der Waals surface area contributed by atoms with Crippen LogP contribution in [0.3, 0.4) is 0 Å². The minimum absolute atomic E-state index is 0.00182. The van der Waals surface area contributed by atoms with Gasteiger partial charge in [-0.1, -0.05) is 68.4 Å². The van der Waals surface area contributed by atoms with Crippen LogP contribution in [-0.2, 0) is 32.5 Å². The first-order valence-electron chi connectivity index (χ1n) is 11.5. The van der Waals surface area contributed by atoms with Crippen LogP contribution in [0, 0.1) is 11.7 Å². The molecule has 36 heavy (non-hydrogen) atoms. The van der Waals surface area contributed by atoms with Crippen molar-refractivity contribution in [2.45, 2.75) is 31.8 Å². The summed E-state index contributed by atoms with van der Waals surface area (Å²) in [5, 5.41) is 2.60. The smallest absolute Gasteiger partial charge is 0.316 e. The molecule has 0 aliphatic carbocycles. The lowest BCUT2D eigenvalue weighted by Gasteiger charge is -2.27. The Morgan fingerprint density at radius 2 is 1.61 bits per heavy atom. The molecule has 0 radical (unpaired) electrons. The monoisotopic (exact) mass is 511 g/mol. The lowest BCUT2D eigenvalue weighted by molar-refractivity contribution is -0.137. The predicted molar refractivity (Wildman–Crippen MR) is 138 cm³/mol. The minimum Gasteiger partial charge on any atom is -0.344 e. The first kappa shape index (κ1) is 27.0. The predicted octanol–water partition coefficient (Wildman–Crippen LogP) is 3.66. The second-order valence-electron chi connectivity index (χ2n) is 8.92. The van der Waals surface area contributed by atoms with Gasteiger partial charge in [-0.15, -0.1) is 0 Å². The molecule has 3 aromatic carbocycles. The third-order valence-electron chi connectivity index (χ3n) is 5.50. The summed E-state index contributed by atoms with van der Waals surface area (Å²) in [5.41, 5.74) is 7.62. The van der Waals surface area contributed by atoms with E-state index in [1.54, 1.807) is 36.4 Å². The van der Waals surface area contributed by atoms with Gasteiger partial charge in [-0.3, -0.25) is 9.59 Å². The highest BCUT2D eigenvalue weighted by molar-refractivity contribution is 7.90. The van der Waals surface area contributed by atoms with Crippen molar-refractivity contribution in [2.75, 3.05) is 17.7 Å². The van der Waals surface area contributed by atoms with Crippen molar-refractivity contribution in [3.63, 3.8) is 0 Å². The molecule has 0 aliphatic rings. The molecule has 2 amide bonds. The number of benzene rings is 3. The van der Waals surface area contributed by atoms with Gasteiger partial charge in [0.05, 0.1) is 10.6 Å². The molecule has 0 fully saturated rings. The number of nitrogens with one attached hydrogen (secondary N) is 1. The van der Waals surface area contributed by atoms with Gasteiger partial charge < -0.3 is 16.0 Å². The molecule has 0 bridgehead atoms. The third kappa shape index (κ3) is 6.35. The minimum atomic E-state index is -3.66. The van der Waals surface area contributed by atoms with Crippen molar-refractivity contribution < 1.29 is 22.4 Å². The van der Waals surface area contributed by atoms with Crippen molar-refractivity contribution in [1.29, 1.82) is 0 Å². The number of halogens is 1. The van der Waals surface area contributed by atoms with E-state index in [2.05, 4.69) is 5.32 Å². The molecule has 0 aromatic heterocycles. The number of nitrogens with two attached hydrogens (primary N) is 1. The number of carbonyl (C=O) groups is 2. The van der Waals surface area contributed by atoms with Gasteiger partial charge in [-0.2, -0.15) is 0 Å². The van der Waals surface area contributed by atoms with Crippen LogP contribution in [0.5, 0.6) is 0 Å². The highest BCUT2D eigenvalue weighted by Gasteiger charge is 2.29. The zero-order valence-corrected chi connectivity index (χ0v) is 21.3. The Morgan fingerprint density at radius 3 is 2.28 bits per heavy atom. The molecule has 0 heterocycles. The molecule has 3 rings (SSSR count). The molecule has 0 saturated heterocycles. The summed E-state index contributed by atoms with van der Waals surface area (Å²) in [5.74, 6) is -2.70. The number of anilines is 1. The van der Waals surface area contributed by atoms with Gasteiger partial charge in [0.1, 0.15) is 5.82 Å². The fraction of sp³-hybridized carbons (Fsp3) is 0.259. The molecule has 7 nitrogen and oxygen atoms in total. The zero-order chi connectivity index (χ0) is 26.5. The SMILES string of the molecule is CC(C)CN(C(=O)C(=O)NCc1cccc(CN)c1)c1c(F)cccc1-c1ccccc1S(C)(=O)=O. The first-order chi connectivity index (χ1) is 17.0. The van der Waals surface area contributed by atoms with Crippen molar-refractivity contribution in [3.8, 4) is 11.1 Å². The summed E-state index contributed by atoms with van der Waals surface area (Å²) in [7, 11) is -3.66. The van der Waals surface area contributed by atoms with Crippen LogP contribution in [0.25, 0.3) is 11.1 Å². The van der Waals surface area contributed by atoms with E-state index in [1.165, 1.54) is 18.2 Å². The summed E-state index contributed by atoms with van der Waals surface area (Å²) >= 11 is 0. The van der Waals surface area contributed by atoms with E-state index in [4.69, 9.17) is 5.73 Å². The topological polar surface area (TPSA) is 110 Å². The highest BCUT2D eigenvalue weighted by Crippen LogP contribution is 2.37. The Balaban J connectivity index is 2.02. The number of rotatable bonds is 8. The largest absolute Gasteiger partial charge is 0.344 e. The second-order valence-corrected chi connectivity index (χ2v) is 10.9. The molecule has 0 saturated carbocycles. The van der Waals surface area contributed by atoms with E-state index in [-0.39, 0.29) is 40.7 Å². The van der Waals surface area contributed by atoms with Gasteiger partial charge in [-0.05, 0) is 29.2 Å². The fourth-order valence-corrected chi connectivity index (χ4v) is 4.81. The Morgan fingerprint density at radius 1 is 0.972 bits per heavy atom. The average molecular weight is 512 g/mol. The molecule has 0 aliphatic heterocycles. The van der Waals surface area contributed by atoms with E-state index < -0.39 is 27.5 Å². The summed E-state index contributed by atoms with van der Waals surface area (Å²) in [6.45, 7) is 4.15. The Bertz CT molecular complexity index is 1370. The number of hydrogen-bond donors (Lipinski definition) is 2. The van der Waals surface area contributed by atoms with Gasteiger partial charge in [-0.25, -0.2) is 12.8 Å². The van der Waals surface area contributed by atoms with E-state index >= 15 is 4.39 Å². The molecular weight excluding hydrogens is 481 g/mol. The summed E-state index contributed by atoms with van der Waals surface area (Å²) in [6, 6.07) is 17.6. The van der Waals surface area contributed by atoms with Crippen LogP contribution in [0.4, 0.5) is 10.1 Å². The van der Waals surface area contributed by atoms with Crippen molar-refractivity contribution >= 4 is 27.3 Å². The number of hydrogen-bond acceptors (Lipinski definition) is 5. The summed E-state index contributed by atoms with van der Waals surface area (Å²) < 4.78 is 40.2. The van der Waals surface area contributed by atoms with Gasteiger partial charge in [0.15, 0.2) is 9.84 Å². The van der Waals surface area contributed by atoms with E-state index in [0.29, 0.717) is 6.54 Å². The summed E-state index contributed by atoms with van der Waals surface area (Å²) in [4.78, 5) is 27.3. The zero-order valence-electron chi connectivity index (χ0n) is 20.5. The number of para-hydroxylation sites is 1. The van der Waals surface area contributed by atoms with Crippen LogP contribution in [0.1, 0.15) is 25.0 Å². The maximum Gasteiger partial charge on any atom is 0.316 e. The fourth-order valence-electron chi connectivity index (χ4n) is 3.91. The van der Waals surface area contributed by atoms with Crippen LogP contribution < -0.4 is 16.0 Å². The summed E-state index contributed by atoms with van der Waals surface area (Å²) in [6.07, 6.45) is 1.06. The maximum atomic E-state index is 15.3. The van der Waals surface area contributed by atoms with Crippen LogP contribution in [0.15, 0.2) is 71.6 Å². The lowest BCUT2D eigenvalue weighted by atomic mass is 10.0. The third-order valence-corrected chi connectivity index (χ3v) is 6.66. The molecule has 190 valence electrons. The Kier molecular flexibility index (Phi) is 8.60. The van der Waals surface area contributed by atoms with Gasteiger partial charge in [0.2, 0.25) is 0 Å². The molecule has 3 aromatic rings. The average Bonchev–Trinajstić information content (AvgIpc) is 2.85. The lowest BCUT2D eigenvalue weighted by Crippen LogP contribution is -2.45. The standard InChI is InChI=1S/C27H30FN3O4S/c1-18(2)17-31(27(33)26(32)30-16-20-9-6-8-19(14-20)15-29)25-22(11-7-12-23(25)28)21-10-4-5-13-24(21)36(3,34)35/h4-14,18H,15-17,29H2,1-3H3,(H,30,32). The second kappa shape index (κ2) is 11.5.